The average molecular weight is 345 g/mol. The van der Waals surface area contributed by atoms with Crippen LogP contribution in [0.25, 0.3) is 0 Å². The van der Waals surface area contributed by atoms with Crippen LogP contribution < -0.4 is 5.32 Å². The molecule has 0 atom stereocenters. The zero-order valence-electron chi connectivity index (χ0n) is 14.1. The van der Waals surface area contributed by atoms with Crippen molar-refractivity contribution >= 4 is 22.4 Å². The van der Waals surface area contributed by atoms with Gasteiger partial charge in [0.25, 0.3) is 5.91 Å². The Hall–Kier alpha value is -1.92. The van der Waals surface area contributed by atoms with Gasteiger partial charge in [0.15, 0.2) is 5.13 Å². The van der Waals surface area contributed by atoms with Crippen molar-refractivity contribution in [1.82, 2.24) is 9.88 Å². The lowest BCUT2D eigenvalue weighted by Crippen LogP contribution is -2.32. The first-order valence-corrected chi connectivity index (χ1v) is 9.17. The Morgan fingerprint density at radius 2 is 2.17 bits per heavy atom. The number of aryl methyl sites for hydroxylation is 1. The van der Waals surface area contributed by atoms with Crippen LogP contribution in [0.4, 0.5) is 5.13 Å². The Morgan fingerprint density at radius 3 is 2.88 bits per heavy atom. The number of hydrogen-bond acceptors (Lipinski definition) is 5. The quantitative estimate of drug-likeness (QED) is 0.888. The largest absolute Gasteiger partial charge is 0.507 e. The normalized spacial score (nSPS) is 16.2. The summed E-state index contributed by atoms with van der Waals surface area (Å²) in [6.07, 6.45) is 2.47. The Balaban J connectivity index is 1.60. The summed E-state index contributed by atoms with van der Waals surface area (Å²) in [5.74, 6) is 0.473. The molecule has 24 heavy (non-hydrogen) atoms. The molecule has 1 aromatic heterocycles. The van der Waals surface area contributed by atoms with Crippen LogP contribution in [0, 0.1) is 12.8 Å². The highest BCUT2D eigenvalue weighted by molar-refractivity contribution is 7.14. The van der Waals surface area contributed by atoms with Crippen LogP contribution in [0.15, 0.2) is 23.6 Å². The van der Waals surface area contributed by atoms with E-state index in [-0.39, 0.29) is 17.2 Å². The van der Waals surface area contributed by atoms with E-state index in [4.69, 9.17) is 0 Å². The number of amides is 1. The van der Waals surface area contributed by atoms with Gasteiger partial charge in [-0.25, -0.2) is 4.98 Å². The fourth-order valence-corrected chi connectivity index (χ4v) is 3.58. The van der Waals surface area contributed by atoms with Crippen LogP contribution in [0.3, 0.4) is 0 Å². The second-order valence-electron chi connectivity index (χ2n) is 6.58. The summed E-state index contributed by atoms with van der Waals surface area (Å²) in [5.41, 5.74) is 2.16. The van der Waals surface area contributed by atoms with E-state index in [1.807, 2.05) is 12.3 Å². The molecule has 0 radical (unpaired) electrons. The molecular weight excluding hydrogens is 322 g/mol. The predicted octanol–water partition coefficient (Wildman–Crippen LogP) is 3.64. The number of phenols is 1. The molecule has 6 heteroatoms. The van der Waals surface area contributed by atoms with E-state index in [9.17, 15) is 9.90 Å². The number of anilines is 1. The van der Waals surface area contributed by atoms with Crippen LogP contribution in [-0.2, 0) is 6.54 Å². The number of rotatable bonds is 4. The summed E-state index contributed by atoms with van der Waals surface area (Å²) >= 11 is 1.42. The number of aromatic hydroxyl groups is 1. The van der Waals surface area contributed by atoms with Crippen molar-refractivity contribution in [3.63, 3.8) is 0 Å². The number of thiazole rings is 1. The smallest absolute Gasteiger partial charge is 0.261 e. The Morgan fingerprint density at radius 1 is 1.42 bits per heavy atom. The summed E-state index contributed by atoms with van der Waals surface area (Å²) in [5, 5.41) is 15.2. The van der Waals surface area contributed by atoms with E-state index in [1.165, 1.54) is 24.2 Å². The predicted molar refractivity (Wildman–Crippen MR) is 96.6 cm³/mol. The third-order valence-electron chi connectivity index (χ3n) is 4.43. The minimum atomic E-state index is -0.333. The highest BCUT2D eigenvalue weighted by Crippen LogP contribution is 2.23. The number of phenolic OH excluding ortho intramolecular Hbond substituents is 1. The summed E-state index contributed by atoms with van der Waals surface area (Å²) in [6, 6.07) is 5.02. The number of benzene rings is 1. The van der Waals surface area contributed by atoms with Crippen molar-refractivity contribution in [3.8, 4) is 5.75 Å². The zero-order chi connectivity index (χ0) is 17.1. The van der Waals surface area contributed by atoms with Crippen LogP contribution >= 0.6 is 11.3 Å². The molecule has 1 amide bonds. The number of carbonyl (C=O) groups is 1. The van der Waals surface area contributed by atoms with Crippen molar-refractivity contribution in [2.24, 2.45) is 5.92 Å². The molecule has 0 spiro atoms. The lowest BCUT2D eigenvalue weighted by Gasteiger charge is -2.29. The second kappa shape index (κ2) is 7.32. The van der Waals surface area contributed by atoms with Gasteiger partial charge in [0.2, 0.25) is 0 Å². The number of aromatic nitrogens is 1. The number of nitrogens with zero attached hydrogens (tertiary/aromatic N) is 2. The lowest BCUT2D eigenvalue weighted by molar-refractivity contribution is 0.102. The van der Waals surface area contributed by atoms with Gasteiger partial charge in [0.05, 0.1) is 11.3 Å². The van der Waals surface area contributed by atoms with E-state index in [0.717, 1.165) is 36.8 Å². The molecule has 1 saturated heterocycles. The standard InChI is InChI=1S/C18H23N3O2S/c1-12-5-7-21(8-6-12)10-14-11-24-18(19-14)20-17(23)15-4-3-13(2)9-16(15)22/h3-4,9,11-12,22H,5-8,10H2,1-2H3,(H,19,20,23). The monoisotopic (exact) mass is 345 g/mol. The molecule has 0 aliphatic carbocycles. The Bertz CT molecular complexity index is 721. The maximum absolute atomic E-state index is 12.3. The highest BCUT2D eigenvalue weighted by atomic mass is 32.1. The Labute approximate surface area is 146 Å². The van der Waals surface area contributed by atoms with Gasteiger partial charge in [-0.15, -0.1) is 11.3 Å². The van der Waals surface area contributed by atoms with Gasteiger partial charge in [0.1, 0.15) is 5.75 Å². The third-order valence-corrected chi connectivity index (χ3v) is 5.24. The van der Waals surface area contributed by atoms with Crippen molar-refractivity contribution in [3.05, 3.63) is 40.4 Å². The molecule has 0 bridgehead atoms. The van der Waals surface area contributed by atoms with Gasteiger partial charge in [-0.2, -0.15) is 0 Å². The molecule has 1 fully saturated rings. The minimum Gasteiger partial charge on any atom is -0.507 e. The molecule has 2 heterocycles. The number of nitrogens with one attached hydrogen (secondary N) is 1. The van der Waals surface area contributed by atoms with E-state index in [1.54, 1.807) is 18.2 Å². The third kappa shape index (κ3) is 4.13. The fourth-order valence-electron chi connectivity index (χ4n) is 2.88. The molecule has 0 saturated carbocycles. The first kappa shape index (κ1) is 16.9. The number of hydrogen-bond donors (Lipinski definition) is 2. The summed E-state index contributed by atoms with van der Waals surface area (Å²) < 4.78 is 0. The summed E-state index contributed by atoms with van der Waals surface area (Å²) in [4.78, 5) is 19.2. The van der Waals surface area contributed by atoms with Crippen molar-refractivity contribution in [2.45, 2.75) is 33.2 Å². The van der Waals surface area contributed by atoms with E-state index in [2.05, 4.69) is 22.1 Å². The van der Waals surface area contributed by atoms with Crippen LogP contribution in [0.2, 0.25) is 0 Å². The first-order chi connectivity index (χ1) is 11.5. The van der Waals surface area contributed by atoms with Gasteiger partial charge in [0, 0.05) is 11.9 Å². The van der Waals surface area contributed by atoms with E-state index >= 15 is 0 Å². The van der Waals surface area contributed by atoms with Crippen molar-refractivity contribution in [1.29, 1.82) is 0 Å². The minimum absolute atomic E-state index is 0.00767. The van der Waals surface area contributed by atoms with Gasteiger partial charge in [-0.3, -0.25) is 15.0 Å². The maximum atomic E-state index is 12.3. The van der Waals surface area contributed by atoms with Gasteiger partial charge < -0.3 is 5.11 Å². The summed E-state index contributed by atoms with van der Waals surface area (Å²) in [7, 11) is 0. The van der Waals surface area contributed by atoms with Crippen LogP contribution in [0.5, 0.6) is 5.75 Å². The van der Waals surface area contributed by atoms with Crippen molar-refractivity contribution < 1.29 is 9.90 Å². The first-order valence-electron chi connectivity index (χ1n) is 8.29. The molecule has 5 nitrogen and oxygen atoms in total. The average Bonchev–Trinajstić information content (AvgIpc) is 2.96. The number of likely N-dealkylation sites (tertiary alicyclic amines) is 1. The van der Waals surface area contributed by atoms with Gasteiger partial charge in [-0.05, 0) is 56.5 Å². The van der Waals surface area contributed by atoms with E-state index < -0.39 is 0 Å². The van der Waals surface area contributed by atoms with Crippen LogP contribution in [-0.4, -0.2) is 34.0 Å². The van der Waals surface area contributed by atoms with Crippen molar-refractivity contribution in [2.75, 3.05) is 18.4 Å². The van der Waals surface area contributed by atoms with Crippen LogP contribution in [0.1, 0.15) is 41.4 Å². The molecule has 128 valence electrons. The lowest BCUT2D eigenvalue weighted by atomic mass is 9.99. The van der Waals surface area contributed by atoms with Gasteiger partial charge >= 0.3 is 0 Å². The molecule has 3 rings (SSSR count). The number of carbonyl (C=O) groups excluding carboxylic acids is 1. The fraction of sp³-hybridized carbons (Fsp3) is 0.444. The Kier molecular flexibility index (Phi) is 5.16. The zero-order valence-corrected chi connectivity index (χ0v) is 14.9. The van der Waals surface area contributed by atoms with Gasteiger partial charge in [-0.1, -0.05) is 13.0 Å². The molecule has 1 aromatic carbocycles. The number of piperidine rings is 1. The molecule has 2 aromatic rings. The highest BCUT2D eigenvalue weighted by Gasteiger charge is 2.17. The van der Waals surface area contributed by atoms with E-state index in [0.29, 0.717) is 5.13 Å². The second-order valence-corrected chi connectivity index (χ2v) is 7.44. The maximum Gasteiger partial charge on any atom is 0.261 e. The topological polar surface area (TPSA) is 65.5 Å². The molecular formula is C18H23N3O2S. The molecule has 1 aliphatic heterocycles. The molecule has 0 unspecified atom stereocenters. The SMILES string of the molecule is Cc1ccc(C(=O)Nc2nc(CN3CCC(C)CC3)cs2)c(O)c1. The molecule has 1 aliphatic rings. The molecule has 2 N–H and O–H groups in total. The summed E-state index contributed by atoms with van der Waals surface area (Å²) in [6.45, 7) is 7.22.